The monoisotopic (exact) mass is 380 g/mol. The van der Waals surface area contributed by atoms with E-state index in [1.165, 1.54) is 29.0 Å². The highest BCUT2D eigenvalue weighted by Gasteiger charge is 2.22. The van der Waals surface area contributed by atoms with Gasteiger partial charge in [0.25, 0.3) is 0 Å². The smallest absolute Gasteiger partial charge is 0.138 e. The van der Waals surface area contributed by atoms with Crippen LogP contribution in [0.1, 0.15) is 18.5 Å². The summed E-state index contributed by atoms with van der Waals surface area (Å²) < 4.78 is 2.15. The molecular weight excluding hydrogens is 364 g/mol. The maximum Gasteiger partial charge on any atom is 0.138 e. The van der Waals surface area contributed by atoms with Crippen molar-refractivity contribution in [1.82, 2.24) is 19.7 Å². The van der Waals surface area contributed by atoms with E-state index in [4.69, 9.17) is 11.6 Å². The molecule has 4 aromatic rings. The molecule has 0 fully saturated rings. The second-order valence-electron chi connectivity index (χ2n) is 6.47. The fourth-order valence-corrected chi connectivity index (χ4v) is 4.72. The number of nitrogens with one attached hydrogen (secondary N) is 1. The van der Waals surface area contributed by atoms with Crippen LogP contribution in [-0.2, 0) is 13.0 Å². The first-order chi connectivity index (χ1) is 12.8. The molecule has 0 atom stereocenters. The zero-order chi connectivity index (χ0) is 17.5. The molecule has 0 aliphatic carbocycles. The van der Waals surface area contributed by atoms with Crippen LogP contribution in [0.4, 0.5) is 0 Å². The Morgan fingerprint density at radius 2 is 2.00 bits per heavy atom. The van der Waals surface area contributed by atoms with Crippen LogP contribution in [0.2, 0.25) is 5.02 Å². The molecule has 1 aromatic carbocycles. The second-order valence-corrected chi connectivity index (χ2v) is 7.99. The molecule has 130 valence electrons. The Labute approximate surface area is 160 Å². The maximum atomic E-state index is 6.04. The number of rotatable bonds is 3. The van der Waals surface area contributed by atoms with E-state index in [1.807, 2.05) is 30.6 Å². The normalized spacial score (nSPS) is 13.9. The molecule has 4 heterocycles. The van der Waals surface area contributed by atoms with Crippen molar-refractivity contribution in [2.75, 3.05) is 0 Å². The number of H-pyrrole nitrogens is 1. The molecule has 0 amide bonds. The van der Waals surface area contributed by atoms with Crippen LogP contribution in [0.3, 0.4) is 0 Å². The summed E-state index contributed by atoms with van der Waals surface area (Å²) in [4.78, 5) is 10.4. The fourth-order valence-electron chi connectivity index (χ4n) is 3.54. The third-order valence-electron chi connectivity index (χ3n) is 4.81. The van der Waals surface area contributed by atoms with Crippen LogP contribution < -0.4 is 0 Å². The van der Waals surface area contributed by atoms with E-state index < -0.39 is 0 Å². The van der Waals surface area contributed by atoms with Gasteiger partial charge in [0.2, 0.25) is 0 Å². The first-order valence-corrected chi connectivity index (χ1v) is 9.94. The van der Waals surface area contributed by atoms with Crippen molar-refractivity contribution in [2.24, 2.45) is 0 Å². The number of benzene rings is 1. The fraction of sp³-hybridized carbons (Fsp3) is 0.200. The molecule has 0 radical (unpaired) electrons. The highest BCUT2D eigenvalue weighted by molar-refractivity contribution is 7.99. The van der Waals surface area contributed by atoms with Crippen molar-refractivity contribution < 1.29 is 0 Å². The van der Waals surface area contributed by atoms with Gasteiger partial charge in [0.15, 0.2) is 0 Å². The van der Waals surface area contributed by atoms with Gasteiger partial charge in [-0.25, -0.2) is 4.98 Å². The van der Waals surface area contributed by atoms with Gasteiger partial charge < -0.3 is 4.98 Å². The lowest BCUT2D eigenvalue weighted by molar-refractivity contribution is 0.487. The van der Waals surface area contributed by atoms with Gasteiger partial charge in [0, 0.05) is 44.2 Å². The van der Waals surface area contributed by atoms with Gasteiger partial charge in [-0.1, -0.05) is 23.4 Å². The number of aryl methyl sites for hydroxylation is 1. The second kappa shape index (κ2) is 6.49. The summed E-state index contributed by atoms with van der Waals surface area (Å²) in [6.07, 6.45) is 7.32. The molecule has 4 nitrogen and oxygen atoms in total. The molecule has 0 saturated heterocycles. The first-order valence-electron chi connectivity index (χ1n) is 8.75. The van der Waals surface area contributed by atoms with Crippen LogP contribution in [-0.4, -0.2) is 19.7 Å². The predicted octanol–water partition coefficient (Wildman–Crippen LogP) is 5.57. The minimum Gasteiger partial charge on any atom is -0.338 e. The van der Waals surface area contributed by atoms with Crippen LogP contribution in [0.15, 0.2) is 58.6 Å². The average molecular weight is 381 g/mol. The van der Waals surface area contributed by atoms with Crippen molar-refractivity contribution in [3.05, 3.63) is 59.5 Å². The van der Waals surface area contributed by atoms with Crippen molar-refractivity contribution in [3.8, 4) is 11.3 Å². The predicted molar refractivity (Wildman–Crippen MR) is 106 cm³/mol. The minimum atomic E-state index is 0.751. The molecule has 26 heavy (non-hydrogen) atoms. The number of nitrogens with zero attached hydrogens (tertiary/aromatic N) is 3. The van der Waals surface area contributed by atoms with E-state index in [0.717, 1.165) is 39.6 Å². The highest BCUT2D eigenvalue weighted by atomic mass is 35.5. The molecule has 1 N–H and O–H groups in total. The molecule has 0 saturated carbocycles. The van der Waals surface area contributed by atoms with Crippen LogP contribution in [0.5, 0.6) is 0 Å². The number of aromatic nitrogens is 4. The van der Waals surface area contributed by atoms with Gasteiger partial charge in [-0.15, -0.1) is 0 Å². The Balaban J connectivity index is 1.67. The molecule has 0 bridgehead atoms. The number of fused-ring (bicyclic) bond motifs is 2. The van der Waals surface area contributed by atoms with E-state index in [1.54, 1.807) is 11.8 Å². The number of hydrogen-bond donors (Lipinski definition) is 1. The summed E-state index contributed by atoms with van der Waals surface area (Å²) in [6, 6.07) is 12.1. The maximum absolute atomic E-state index is 6.04. The molecule has 0 unspecified atom stereocenters. The van der Waals surface area contributed by atoms with E-state index in [0.29, 0.717) is 0 Å². The third kappa shape index (κ3) is 2.72. The van der Waals surface area contributed by atoms with Crippen LogP contribution in [0, 0.1) is 0 Å². The number of pyridine rings is 1. The Morgan fingerprint density at radius 3 is 2.88 bits per heavy atom. The van der Waals surface area contributed by atoms with Gasteiger partial charge in [-0.3, -0.25) is 4.68 Å². The molecular formula is C20H17ClN4S. The lowest BCUT2D eigenvalue weighted by atomic mass is 10.0. The summed E-state index contributed by atoms with van der Waals surface area (Å²) in [6.45, 7) is 1.01. The van der Waals surface area contributed by atoms with Gasteiger partial charge >= 0.3 is 0 Å². The van der Waals surface area contributed by atoms with E-state index in [-0.39, 0.29) is 0 Å². The molecule has 3 aromatic heterocycles. The van der Waals surface area contributed by atoms with Crippen molar-refractivity contribution in [1.29, 1.82) is 0 Å². The van der Waals surface area contributed by atoms with Gasteiger partial charge in [0.05, 0.1) is 11.9 Å². The summed E-state index contributed by atoms with van der Waals surface area (Å²) in [5.74, 6) is 0. The van der Waals surface area contributed by atoms with Crippen molar-refractivity contribution in [3.63, 3.8) is 0 Å². The number of hydrogen-bond acceptors (Lipinski definition) is 3. The minimum absolute atomic E-state index is 0.751. The Bertz CT molecular complexity index is 1080. The molecule has 1 aliphatic heterocycles. The topological polar surface area (TPSA) is 46.5 Å². The van der Waals surface area contributed by atoms with Gasteiger partial charge in [-0.2, -0.15) is 5.10 Å². The van der Waals surface area contributed by atoms with Gasteiger partial charge in [-0.05, 0) is 55.7 Å². The first kappa shape index (κ1) is 16.0. The standard InChI is InChI=1S/C20H17ClN4S/c21-13-6-8-14(9-7-13)26-19-15-4-3-10-22-20(15)24-18(19)16-12-23-25-11-2-1-5-17(16)25/h3-4,6-10,12H,1-2,5,11H2,(H,22,24). The van der Waals surface area contributed by atoms with Crippen LogP contribution >= 0.6 is 23.4 Å². The third-order valence-corrected chi connectivity index (χ3v) is 6.20. The number of aromatic amines is 1. The molecule has 5 rings (SSSR count). The SMILES string of the molecule is Clc1ccc(Sc2c(-c3cnn4c3CCCC4)[nH]c3ncccc23)cc1. The highest BCUT2D eigenvalue weighted by Crippen LogP contribution is 2.42. The summed E-state index contributed by atoms with van der Waals surface area (Å²) in [5, 5.41) is 6.50. The Kier molecular flexibility index (Phi) is 3.98. The largest absolute Gasteiger partial charge is 0.338 e. The number of halogens is 1. The summed E-state index contributed by atoms with van der Waals surface area (Å²) in [7, 11) is 0. The zero-order valence-corrected chi connectivity index (χ0v) is 15.6. The van der Waals surface area contributed by atoms with Crippen molar-refractivity contribution in [2.45, 2.75) is 35.6 Å². The molecule has 6 heteroatoms. The lowest BCUT2D eigenvalue weighted by Crippen LogP contribution is -2.11. The molecule has 0 spiro atoms. The van der Waals surface area contributed by atoms with E-state index in [9.17, 15) is 0 Å². The Morgan fingerprint density at radius 1 is 1.12 bits per heavy atom. The quantitative estimate of drug-likeness (QED) is 0.505. The average Bonchev–Trinajstić information content (AvgIpc) is 3.25. The summed E-state index contributed by atoms with van der Waals surface area (Å²) >= 11 is 7.79. The van der Waals surface area contributed by atoms with Crippen molar-refractivity contribution >= 4 is 34.4 Å². The zero-order valence-electron chi connectivity index (χ0n) is 14.1. The summed E-state index contributed by atoms with van der Waals surface area (Å²) in [5.41, 5.74) is 4.54. The van der Waals surface area contributed by atoms with Gasteiger partial charge in [0.1, 0.15) is 5.65 Å². The van der Waals surface area contributed by atoms with E-state index >= 15 is 0 Å². The lowest BCUT2D eigenvalue weighted by Gasteiger charge is -2.14. The Hall–Kier alpha value is -2.24. The van der Waals surface area contributed by atoms with E-state index in [2.05, 4.69) is 37.9 Å². The molecule has 1 aliphatic rings. The van der Waals surface area contributed by atoms with Crippen LogP contribution in [0.25, 0.3) is 22.3 Å².